The molecule has 27 heavy (non-hydrogen) atoms. The number of benzene rings is 2. The highest BCUT2D eigenvalue weighted by Crippen LogP contribution is 2.40. The van der Waals surface area contributed by atoms with Gasteiger partial charge in [0.2, 0.25) is 5.91 Å². The highest BCUT2D eigenvalue weighted by molar-refractivity contribution is 5.89. The predicted molar refractivity (Wildman–Crippen MR) is 98.5 cm³/mol. The Hall–Kier alpha value is -2.27. The molecule has 0 aliphatic carbocycles. The van der Waals surface area contributed by atoms with Gasteiger partial charge in [-0.25, -0.2) is 8.78 Å². The zero-order valence-electron chi connectivity index (χ0n) is 15.2. The second-order valence-electron chi connectivity index (χ2n) is 7.47. The average Bonchev–Trinajstić information content (AvgIpc) is 3.19. The van der Waals surface area contributed by atoms with Gasteiger partial charge in [0.1, 0.15) is 11.6 Å². The molecule has 0 N–H and O–H groups in total. The van der Waals surface area contributed by atoms with Crippen LogP contribution in [0.25, 0.3) is 0 Å². The third-order valence-corrected chi connectivity index (χ3v) is 5.95. The lowest BCUT2D eigenvalue weighted by atomic mass is 9.72. The van der Waals surface area contributed by atoms with E-state index in [9.17, 15) is 13.6 Å². The fraction of sp³-hybridized carbons (Fsp3) is 0.409. The minimum atomic E-state index is -0.971. The maximum Gasteiger partial charge on any atom is 0.233 e. The van der Waals surface area contributed by atoms with Gasteiger partial charge >= 0.3 is 0 Å². The summed E-state index contributed by atoms with van der Waals surface area (Å²) in [6.07, 6.45) is 1.73. The van der Waals surface area contributed by atoms with Gasteiger partial charge in [-0.05, 0) is 30.9 Å². The molecule has 5 heteroatoms. The van der Waals surface area contributed by atoms with Gasteiger partial charge in [-0.3, -0.25) is 4.79 Å². The molecule has 2 aromatic carbocycles. The van der Waals surface area contributed by atoms with Gasteiger partial charge < -0.3 is 9.64 Å². The minimum absolute atomic E-state index is 0.0604. The van der Waals surface area contributed by atoms with E-state index < -0.39 is 17.0 Å². The van der Waals surface area contributed by atoms with Crippen LogP contribution in [0.4, 0.5) is 8.78 Å². The van der Waals surface area contributed by atoms with Crippen LogP contribution in [-0.2, 0) is 14.9 Å². The molecule has 0 saturated carbocycles. The Balaban J connectivity index is 1.62. The van der Waals surface area contributed by atoms with Gasteiger partial charge in [-0.1, -0.05) is 36.4 Å². The molecule has 1 amide bonds. The zero-order valence-corrected chi connectivity index (χ0v) is 15.2. The van der Waals surface area contributed by atoms with E-state index in [2.05, 4.69) is 12.1 Å². The molecule has 3 nitrogen and oxygen atoms in total. The Morgan fingerprint density at radius 2 is 1.81 bits per heavy atom. The van der Waals surface area contributed by atoms with Gasteiger partial charge in [-0.15, -0.1) is 0 Å². The molecule has 2 aromatic rings. The fourth-order valence-corrected chi connectivity index (χ4v) is 4.44. The number of carbonyl (C=O) groups is 1. The molecule has 0 radical (unpaired) electrons. The van der Waals surface area contributed by atoms with Gasteiger partial charge in [0, 0.05) is 43.9 Å². The summed E-state index contributed by atoms with van der Waals surface area (Å²) in [4.78, 5) is 15.4. The minimum Gasteiger partial charge on any atom is -0.381 e. The molecular weight excluding hydrogens is 348 g/mol. The molecule has 2 saturated heterocycles. The Bertz CT molecular complexity index is 818. The number of nitrogens with zero attached hydrogens (tertiary/aromatic N) is 1. The number of ether oxygens (including phenoxy) is 1. The van der Waals surface area contributed by atoms with E-state index in [1.54, 1.807) is 0 Å². The van der Waals surface area contributed by atoms with Crippen molar-refractivity contribution in [3.63, 3.8) is 0 Å². The molecule has 2 fully saturated rings. The predicted octanol–water partition coefficient (Wildman–Crippen LogP) is 4.03. The Kier molecular flexibility index (Phi) is 4.96. The van der Waals surface area contributed by atoms with E-state index >= 15 is 0 Å². The van der Waals surface area contributed by atoms with Crippen molar-refractivity contribution < 1.29 is 18.3 Å². The van der Waals surface area contributed by atoms with Crippen LogP contribution in [0.3, 0.4) is 0 Å². The summed E-state index contributed by atoms with van der Waals surface area (Å²) >= 11 is 0. The largest absolute Gasteiger partial charge is 0.381 e. The average molecular weight is 371 g/mol. The van der Waals surface area contributed by atoms with Crippen LogP contribution in [0.1, 0.15) is 36.3 Å². The quantitative estimate of drug-likeness (QED) is 0.815. The van der Waals surface area contributed by atoms with Gasteiger partial charge in [0.05, 0.1) is 5.41 Å². The molecule has 0 bridgehead atoms. The van der Waals surface area contributed by atoms with Crippen molar-refractivity contribution in [3.8, 4) is 0 Å². The van der Waals surface area contributed by atoms with Gasteiger partial charge in [0.15, 0.2) is 0 Å². The lowest BCUT2D eigenvalue weighted by Crippen LogP contribution is -2.49. The standard InChI is InChI=1S/C22H23F2NO2/c23-18-6-7-19(20(24)14-18)22(9-12-27-13-10-22)21(26)25-11-8-17(15-25)16-4-2-1-3-5-16/h1-7,14,17H,8-13,15H2. The normalized spacial score (nSPS) is 22.0. The van der Waals surface area contributed by atoms with Crippen LogP contribution in [0.5, 0.6) is 0 Å². The number of halogens is 2. The van der Waals surface area contributed by atoms with Crippen LogP contribution in [-0.4, -0.2) is 37.1 Å². The molecule has 0 spiro atoms. The van der Waals surface area contributed by atoms with Crippen LogP contribution >= 0.6 is 0 Å². The third kappa shape index (κ3) is 3.36. The number of hydrogen-bond donors (Lipinski definition) is 0. The summed E-state index contributed by atoms with van der Waals surface area (Å²) < 4.78 is 33.5. The van der Waals surface area contributed by atoms with E-state index in [4.69, 9.17) is 4.74 Å². The van der Waals surface area contributed by atoms with Crippen LogP contribution in [0.15, 0.2) is 48.5 Å². The van der Waals surface area contributed by atoms with E-state index in [1.807, 2.05) is 23.1 Å². The van der Waals surface area contributed by atoms with Crippen molar-refractivity contribution in [2.45, 2.75) is 30.6 Å². The molecule has 2 aliphatic heterocycles. The number of likely N-dealkylation sites (tertiary alicyclic amines) is 1. The summed E-state index contributed by atoms with van der Waals surface area (Å²) in [6.45, 7) is 2.09. The number of amides is 1. The van der Waals surface area contributed by atoms with Crippen molar-refractivity contribution in [1.82, 2.24) is 4.90 Å². The van der Waals surface area contributed by atoms with E-state index in [0.29, 0.717) is 50.6 Å². The first kappa shape index (κ1) is 18.1. The SMILES string of the molecule is O=C(N1CCC(c2ccccc2)C1)C1(c2ccc(F)cc2F)CCOCC1. The summed E-state index contributed by atoms with van der Waals surface area (Å²) in [5.74, 6) is -1.04. The van der Waals surface area contributed by atoms with Crippen molar-refractivity contribution in [2.75, 3.05) is 26.3 Å². The summed E-state index contributed by atoms with van der Waals surface area (Å²) in [5, 5.41) is 0. The molecule has 1 unspecified atom stereocenters. The van der Waals surface area contributed by atoms with Gasteiger partial charge in [-0.2, -0.15) is 0 Å². The molecule has 0 aromatic heterocycles. The lowest BCUT2D eigenvalue weighted by Gasteiger charge is -2.39. The van der Waals surface area contributed by atoms with Crippen molar-refractivity contribution in [1.29, 1.82) is 0 Å². The van der Waals surface area contributed by atoms with Gasteiger partial charge in [0.25, 0.3) is 0 Å². The lowest BCUT2D eigenvalue weighted by molar-refractivity contribution is -0.140. The monoisotopic (exact) mass is 371 g/mol. The first-order valence-electron chi connectivity index (χ1n) is 9.48. The Labute approximate surface area is 157 Å². The molecule has 4 rings (SSSR count). The second-order valence-corrected chi connectivity index (χ2v) is 7.47. The van der Waals surface area contributed by atoms with E-state index in [1.165, 1.54) is 17.7 Å². The fourth-order valence-electron chi connectivity index (χ4n) is 4.44. The summed E-state index contributed by atoms with van der Waals surface area (Å²) in [5.41, 5.74) is 0.545. The molecule has 2 aliphatic rings. The van der Waals surface area contributed by atoms with Crippen LogP contribution < -0.4 is 0 Å². The van der Waals surface area contributed by atoms with Crippen molar-refractivity contribution >= 4 is 5.91 Å². The number of hydrogen-bond acceptors (Lipinski definition) is 2. The van der Waals surface area contributed by atoms with Crippen molar-refractivity contribution in [3.05, 3.63) is 71.3 Å². The topological polar surface area (TPSA) is 29.5 Å². The summed E-state index contributed by atoms with van der Waals surface area (Å²) in [7, 11) is 0. The Morgan fingerprint density at radius 1 is 1.07 bits per heavy atom. The highest BCUT2D eigenvalue weighted by atomic mass is 19.1. The summed E-state index contributed by atoms with van der Waals surface area (Å²) in [6, 6.07) is 13.7. The molecular formula is C22H23F2NO2. The van der Waals surface area contributed by atoms with Crippen LogP contribution in [0, 0.1) is 11.6 Å². The smallest absolute Gasteiger partial charge is 0.233 e. The first-order valence-corrected chi connectivity index (χ1v) is 9.48. The number of carbonyl (C=O) groups excluding carboxylic acids is 1. The third-order valence-electron chi connectivity index (χ3n) is 5.95. The highest BCUT2D eigenvalue weighted by Gasteiger charge is 2.47. The van der Waals surface area contributed by atoms with Crippen LogP contribution in [0.2, 0.25) is 0 Å². The first-order chi connectivity index (χ1) is 13.1. The number of rotatable bonds is 3. The maximum absolute atomic E-state index is 14.6. The zero-order chi connectivity index (χ0) is 18.9. The molecule has 1 atom stereocenters. The van der Waals surface area contributed by atoms with E-state index in [0.717, 1.165) is 12.5 Å². The molecule has 2 heterocycles. The molecule has 142 valence electrons. The van der Waals surface area contributed by atoms with E-state index in [-0.39, 0.29) is 5.91 Å². The maximum atomic E-state index is 14.6. The van der Waals surface area contributed by atoms with Crippen molar-refractivity contribution in [2.24, 2.45) is 0 Å². The second kappa shape index (κ2) is 7.39. The Morgan fingerprint density at radius 3 is 2.52 bits per heavy atom.